The van der Waals surface area contributed by atoms with Crippen LogP contribution in [0.3, 0.4) is 0 Å². The third-order valence-electron chi connectivity index (χ3n) is 10.5. The van der Waals surface area contributed by atoms with Crippen LogP contribution >= 0.6 is 7.82 Å². The van der Waals surface area contributed by atoms with Crippen molar-refractivity contribution >= 4 is 25.7 Å². The molecule has 364 valence electrons. The molecule has 0 saturated carbocycles. The fourth-order valence-electron chi connectivity index (χ4n) is 6.65. The second-order valence-corrected chi connectivity index (χ2v) is 18.1. The highest BCUT2D eigenvalue weighted by atomic mass is 31.2. The van der Waals surface area contributed by atoms with Gasteiger partial charge in [-0.25, -0.2) is 9.36 Å². The van der Waals surface area contributed by atoms with E-state index in [2.05, 4.69) is 79.9 Å². The molecule has 0 bridgehead atoms. The number of ether oxygens (including phenoxy) is 1. The Morgan fingerprint density at radius 1 is 0.508 bits per heavy atom. The van der Waals surface area contributed by atoms with Gasteiger partial charge >= 0.3 is 19.8 Å². The van der Waals surface area contributed by atoms with Gasteiger partial charge < -0.3 is 25.2 Å². The first-order chi connectivity index (χ1) is 30.6. The molecule has 0 aliphatic heterocycles. The molecule has 0 fully saturated rings. The van der Waals surface area contributed by atoms with Crippen LogP contribution in [-0.4, -0.2) is 64.9 Å². The minimum Gasteiger partial charge on any atom is -0.480 e. The van der Waals surface area contributed by atoms with Crippen molar-refractivity contribution in [1.82, 2.24) is 5.32 Å². The maximum absolute atomic E-state index is 12.3. The predicted molar refractivity (Wildman–Crippen MR) is 258 cm³/mol. The average molecular weight is 908 g/mol. The van der Waals surface area contributed by atoms with Gasteiger partial charge in [-0.1, -0.05) is 177 Å². The van der Waals surface area contributed by atoms with Crippen molar-refractivity contribution in [3.8, 4) is 0 Å². The molecule has 3 unspecified atom stereocenters. The molecule has 0 radical (unpaired) electrons. The summed E-state index contributed by atoms with van der Waals surface area (Å²) in [6, 6.07) is -1.55. The Balaban J connectivity index is 3.87. The number of carboxylic acids is 1. The Hall–Kier alpha value is -2.82. The third-order valence-corrected chi connectivity index (χ3v) is 11.5. The van der Waals surface area contributed by atoms with Crippen LogP contribution < -0.4 is 5.32 Å². The van der Waals surface area contributed by atoms with Gasteiger partial charge in [0.1, 0.15) is 12.7 Å². The van der Waals surface area contributed by atoms with Gasteiger partial charge in [-0.05, 0) is 83.5 Å². The lowest BCUT2D eigenvalue weighted by Gasteiger charge is -2.18. The van der Waals surface area contributed by atoms with Crippen molar-refractivity contribution in [2.75, 3.05) is 19.8 Å². The zero-order chi connectivity index (χ0) is 46.3. The number of aliphatic carboxylic acids is 1. The number of carboxylic acid groups (broad SMARTS) is 1. The van der Waals surface area contributed by atoms with Crippen molar-refractivity contribution in [3.05, 3.63) is 60.8 Å². The summed E-state index contributed by atoms with van der Waals surface area (Å²) < 4.78 is 26.9. The molecule has 11 nitrogen and oxygen atoms in total. The number of nitrogens with one attached hydrogen (secondary N) is 1. The van der Waals surface area contributed by atoms with Crippen LogP contribution in [0.1, 0.15) is 213 Å². The van der Waals surface area contributed by atoms with E-state index in [0.29, 0.717) is 12.8 Å². The van der Waals surface area contributed by atoms with Crippen LogP contribution in [-0.2, 0) is 32.7 Å². The lowest BCUT2D eigenvalue weighted by Crippen LogP contribution is -2.43. The number of esters is 1. The predicted octanol–water partition coefficient (Wildman–Crippen LogP) is 13.5. The third kappa shape index (κ3) is 45.5. The quantitative estimate of drug-likeness (QED) is 0.0200. The summed E-state index contributed by atoms with van der Waals surface area (Å²) in [4.78, 5) is 46.1. The number of carbonyl (C=O) groups excluding carboxylic acids is 2. The highest BCUT2D eigenvalue weighted by Crippen LogP contribution is 2.43. The van der Waals surface area contributed by atoms with E-state index in [-0.39, 0.29) is 12.8 Å². The van der Waals surface area contributed by atoms with Gasteiger partial charge in [0, 0.05) is 12.8 Å². The van der Waals surface area contributed by atoms with E-state index >= 15 is 0 Å². The Kier molecular flexibility index (Phi) is 43.7. The highest BCUT2D eigenvalue weighted by molar-refractivity contribution is 7.47. The summed E-state index contributed by atoms with van der Waals surface area (Å²) in [6.45, 7) is 2.56. The van der Waals surface area contributed by atoms with E-state index in [1.54, 1.807) is 0 Å². The first-order valence-electron chi connectivity index (χ1n) is 24.8. The van der Waals surface area contributed by atoms with E-state index in [4.69, 9.17) is 13.8 Å². The van der Waals surface area contributed by atoms with Crippen LogP contribution in [0.5, 0.6) is 0 Å². The maximum Gasteiger partial charge on any atom is 0.472 e. The van der Waals surface area contributed by atoms with Gasteiger partial charge in [0.05, 0.1) is 13.2 Å². The number of hydrogen-bond acceptors (Lipinski definition) is 8. The molecule has 0 aromatic rings. The van der Waals surface area contributed by atoms with Gasteiger partial charge in [-0.3, -0.25) is 18.6 Å². The lowest BCUT2D eigenvalue weighted by molar-refractivity contribution is -0.147. The molecule has 0 aromatic heterocycles. The molecular weight excluding hydrogens is 818 g/mol. The summed E-state index contributed by atoms with van der Waals surface area (Å²) >= 11 is 0. The molecular formula is C51H90NO10P. The Labute approximate surface area is 383 Å². The number of phosphoric ester groups is 1. The zero-order valence-electron chi connectivity index (χ0n) is 39.6. The van der Waals surface area contributed by atoms with Crippen molar-refractivity contribution in [1.29, 1.82) is 0 Å². The normalized spacial score (nSPS) is 14.1. The van der Waals surface area contributed by atoms with Gasteiger partial charge in [-0.2, -0.15) is 0 Å². The van der Waals surface area contributed by atoms with Crippen molar-refractivity contribution in [3.63, 3.8) is 0 Å². The number of amides is 1. The molecule has 3 atom stereocenters. The molecule has 0 aliphatic carbocycles. The van der Waals surface area contributed by atoms with E-state index in [1.165, 1.54) is 83.5 Å². The number of aliphatic hydroxyl groups is 1. The Morgan fingerprint density at radius 3 is 1.35 bits per heavy atom. The van der Waals surface area contributed by atoms with Gasteiger partial charge in [0.25, 0.3) is 0 Å². The summed E-state index contributed by atoms with van der Waals surface area (Å²) in [6.07, 6.45) is 53.8. The number of phosphoric acid groups is 1. The molecule has 0 aromatic carbocycles. The topological polar surface area (TPSA) is 169 Å². The minimum absolute atomic E-state index is 0.134. The molecule has 1 amide bonds. The average Bonchev–Trinajstić information content (AvgIpc) is 3.26. The smallest absolute Gasteiger partial charge is 0.472 e. The molecule has 12 heteroatoms. The largest absolute Gasteiger partial charge is 0.480 e. The first kappa shape index (κ1) is 60.2. The van der Waals surface area contributed by atoms with Gasteiger partial charge in [0.15, 0.2) is 6.04 Å². The number of carbonyl (C=O) groups is 3. The number of aliphatic hydroxyl groups excluding tert-OH is 1. The van der Waals surface area contributed by atoms with Crippen molar-refractivity contribution in [2.24, 2.45) is 0 Å². The molecule has 0 rings (SSSR count). The Morgan fingerprint density at radius 2 is 0.873 bits per heavy atom. The standard InChI is InChI=1S/C51H90NO10P/c1-3-5-7-9-11-13-15-17-19-21-22-23-24-25-26-27-29-31-33-35-37-39-41-43-50(55)60-44-47(53)45-61-63(58,59)62-46-48(51(56)57)52-49(54)42-40-38-36-34-32-30-28-20-18-16-14-12-10-8-6-4-2/h11,13,17,19-20,22-23,25-26,28,47-48,53H,3-10,12,14-16,18,21,24,27,29-46H2,1-2H3,(H,52,54)(H,56,57)(H,58,59)/b13-11-,19-17-,23-22-,26-25-,28-20-. The second-order valence-electron chi connectivity index (χ2n) is 16.6. The molecule has 0 heterocycles. The van der Waals surface area contributed by atoms with Crippen LogP contribution in [0, 0.1) is 0 Å². The number of allylic oxidation sites excluding steroid dienone is 10. The summed E-state index contributed by atoms with van der Waals surface area (Å²) in [5, 5.41) is 21.9. The minimum atomic E-state index is -4.77. The lowest BCUT2D eigenvalue weighted by atomic mass is 10.1. The van der Waals surface area contributed by atoms with Crippen LogP contribution in [0.4, 0.5) is 0 Å². The molecule has 0 spiro atoms. The van der Waals surface area contributed by atoms with Crippen molar-refractivity contribution < 1.29 is 47.8 Å². The van der Waals surface area contributed by atoms with Gasteiger partial charge in [-0.15, -0.1) is 0 Å². The number of rotatable bonds is 46. The summed E-state index contributed by atoms with van der Waals surface area (Å²) in [5.41, 5.74) is 0. The van der Waals surface area contributed by atoms with E-state index in [1.807, 2.05) is 0 Å². The fourth-order valence-corrected chi connectivity index (χ4v) is 7.42. The fraction of sp³-hybridized carbons (Fsp3) is 0.745. The highest BCUT2D eigenvalue weighted by Gasteiger charge is 2.28. The molecule has 4 N–H and O–H groups in total. The number of unbranched alkanes of at least 4 members (excludes halogenated alkanes) is 22. The van der Waals surface area contributed by atoms with E-state index < -0.39 is 57.6 Å². The zero-order valence-corrected chi connectivity index (χ0v) is 40.5. The molecule has 0 aliphatic rings. The maximum atomic E-state index is 12.3. The summed E-state index contributed by atoms with van der Waals surface area (Å²) in [5.74, 6) is -2.40. The Bertz CT molecular complexity index is 1300. The van der Waals surface area contributed by atoms with E-state index in [0.717, 1.165) is 89.9 Å². The van der Waals surface area contributed by atoms with Crippen molar-refractivity contribution in [2.45, 2.75) is 225 Å². The number of hydrogen-bond donors (Lipinski definition) is 4. The van der Waals surface area contributed by atoms with Crippen LogP contribution in [0.25, 0.3) is 0 Å². The van der Waals surface area contributed by atoms with Crippen LogP contribution in [0.2, 0.25) is 0 Å². The van der Waals surface area contributed by atoms with Gasteiger partial charge in [0.2, 0.25) is 5.91 Å². The van der Waals surface area contributed by atoms with E-state index in [9.17, 15) is 34.1 Å². The molecule has 63 heavy (non-hydrogen) atoms. The molecule has 0 saturated heterocycles. The van der Waals surface area contributed by atoms with Crippen LogP contribution in [0.15, 0.2) is 60.8 Å². The monoisotopic (exact) mass is 908 g/mol. The SMILES string of the molecule is CCCCC/C=C\C/C=C\C/C=C\C/C=C\CCCCCCCCCC(=O)OCC(O)COP(=O)(O)OCC(NC(=O)CCCCCCC/C=C\CCCCCCCCC)C(=O)O. The summed E-state index contributed by atoms with van der Waals surface area (Å²) in [7, 11) is -4.77. The second kappa shape index (κ2) is 45.7. The first-order valence-corrected chi connectivity index (χ1v) is 26.3.